The van der Waals surface area contributed by atoms with E-state index in [2.05, 4.69) is 4.18 Å². The van der Waals surface area contributed by atoms with Gasteiger partial charge in [-0.2, -0.15) is 0 Å². The SMILES string of the molecule is [2H]C1C[C@]2(C)C(=O)CC[C@H]2[C@H]2[C@H]1c1ccc(OS(=O)(=O)[O-])cc1C([2H])([2H])C2([2H])[2H].[Na+]. The molecule has 0 bridgehead atoms. The number of aryl methyl sites for hydroxylation is 1. The Hall–Kier alpha value is -0.400. The molecule has 5 atom stereocenters. The van der Waals surface area contributed by atoms with Crippen LogP contribution in [0, 0.1) is 17.3 Å². The molecule has 25 heavy (non-hydrogen) atoms. The molecule has 1 aromatic carbocycles. The van der Waals surface area contributed by atoms with Crippen LogP contribution in [0.15, 0.2) is 18.2 Å². The van der Waals surface area contributed by atoms with Gasteiger partial charge in [0.25, 0.3) is 10.4 Å². The molecule has 2 saturated carbocycles. The molecule has 3 aliphatic carbocycles. The first-order valence-corrected chi connectivity index (χ1v) is 9.29. The topological polar surface area (TPSA) is 83.5 Å². The van der Waals surface area contributed by atoms with Crippen LogP contribution in [0.25, 0.3) is 0 Å². The van der Waals surface area contributed by atoms with Gasteiger partial charge in [-0.25, -0.2) is 8.42 Å². The van der Waals surface area contributed by atoms with Crippen LogP contribution < -0.4 is 33.7 Å². The van der Waals surface area contributed by atoms with Crippen LogP contribution in [0.4, 0.5) is 0 Å². The average molecular weight is 377 g/mol. The van der Waals surface area contributed by atoms with Crippen molar-refractivity contribution in [2.75, 3.05) is 0 Å². The first kappa shape index (κ1) is 13.7. The second kappa shape index (κ2) is 6.64. The molecule has 1 unspecified atom stereocenters. The summed E-state index contributed by atoms with van der Waals surface area (Å²) in [6.45, 7) is 1.77. The number of hydrogen-bond donors (Lipinski definition) is 0. The van der Waals surface area contributed by atoms with Crippen LogP contribution in [0.1, 0.15) is 62.9 Å². The first-order valence-electron chi connectivity index (χ1n) is 10.5. The van der Waals surface area contributed by atoms with Gasteiger partial charge in [0.15, 0.2) is 0 Å². The first-order chi connectivity index (χ1) is 13.2. The van der Waals surface area contributed by atoms with E-state index in [1.54, 1.807) is 6.92 Å². The van der Waals surface area contributed by atoms with Crippen molar-refractivity contribution in [3.05, 3.63) is 29.3 Å². The Morgan fingerprint density at radius 3 is 2.88 bits per heavy atom. The van der Waals surface area contributed by atoms with E-state index in [1.807, 2.05) is 0 Å². The van der Waals surface area contributed by atoms with Gasteiger partial charge < -0.3 is 8.74 Å². The Labute approximate surface area is 177 Å². The standard InChI is InChI=1S/C18H22O5S.Na/c1-18-9-8-14-13-5-3-12(23-24(20,21)22)10-11(13)2-4-15(14)16(18)6-7-17(18)19;/h3,5,10,14-16H,2,4,6-9H2,1H3,(H,20,21,22);/q;+1/p-1/t14-,15-,16+,18+;/m1./s1/i2D2,4D2,8D;/t8?,14-,15-,16+,18+;. The summed E-state index contributed by atoms with van der Waals surface area (Å²) < 4.78 is 80.3. The third-order valence-electron chi connectivity index (χ3n) is 5.71. The molecule has 130 valence electrons. The Bertz CT molecular complexity index is 1000. The third-order valence-corrected chi connectivity index (χ3v) is 6.11. The molecule has 0 radical (unpaired) electrons. The molecule has 0 amide bonds. The van der Waals surface area contributed by atoms with Crippen molar-refractivity contribution in [3.63, 3.8) is 0 Å². The summed E-state index contributed by atoms with van der Waals surface area (Å²) in [5.74, 6) is -2.28. The normalized spacial score (nSPS) is 43.6. The molecule has 2 fully saturated rings. The van der Waals surface area contributed by atoms with Gasteiger partial charge in [-0.05, 0) is 73.0 Å². The molecule has 0 spiro atoms. The zero-order chi connectivity index (χ0) is 21.6. The molecule has 0 aliphatic heterocycles. The van der Waals surface area contributed by atoms with Gasteiger partial charge in [0.05, 0.1) is 0 Å². The molecule has 4 rings (SSSR count). The molecule has 0 saturated heterocycles. The van der Waals surface area contributed by atoms with Crippen molar-refractivity contribution >= 4 is 16.2 Å². The predicted octanol–water partition coefficient (Wildman–Crippen LogP) is -0.0452. The molecule has 7 heteroatoms. The van der Waals surface area contributed by atoms with E-state index in [4.69, 9.17) is 6.85 Å². The summed E-state index contributed by atoms with van der Waals surface area (Å²) in [4.78, 5) is 12.5. The second-order valence-corrected chi connectivity index (χ2v) is 7.97. The molecule has 5 nitrogen and oxygen atoms in total. The Morgan fingerprint density at radius 2 is 2.16 bits per heavy atom. The van der Waals surface area contributed by atoms with E-state index in [9.17, 15) is 17.8 Å². The van der Waals surface area contributed by atoms with Gasteiger partial charge >= 0.3 is 29.6 Å². The predicted molar refractivity (Wildman–Crippen MR) is 86.4 cm³/mol. The number of benzene rings is 1. The molecule has 0 aromatic heterocycles. The zero-order valence-corrected chi connectivity index (χ0v) is 16.9. The van der Waals surface area contributed by atoms with Crippen LogP contribution in [0.3, 0.4) is 0 Å². The van der Waals surface area contributed by atoms with E-state index >= 15 is 0 Å². The number of carbonyl (C=O) groups is 1. The Morgan fingerprint density at radius 1 is 1.40 bits per heavy atom. The molecular formula is C18H21NaO5S. The molecule has 0 N–H and O–H groups in total. The van der Waals surface area contributed by atoms with E-state index in [-0.39, 0.29) is 53.2 Å². The van der Waals surface area contributed by atoms with Crippen molar-refractivity contribution in [2.45, 2.75) is 51.2 Å². The minimum Gasteiger partial charge on any atom is -0.716 e. The minimum absolute atomic E-state index is 0. The number of ketones is 1. The van der Waals surface area contributed by atoms with Gasteiger partial charge in [0.2, 0.25) is 0 Å². The zero-order valence-electron chi connectivity index (χ0n) is 19.1. The van der Waals surface area contributed by atoms with Gasteiger partial charge in [-0.1, -0.05) is 13.0 Å². The summed E-state index contributed by atoms with van der Waals surface area (Å²) in [5, 5.41) is 0. The third kappa shape index (κ3) is 3.32. The quantitative estimate of drug-likeness (QED) is 0.410. The smallest absolute Gasteiger partial charge is 0.716 e. The summed E-state index contributed by atoms with van der Waals surface area (Å²) in [6, 6.07) is 3.68. The van der Waals surface area contributed by atoms with Crippen molar-refractivity contribution in [3.8, 4) is 5.75 Å². The Kier molecular flexibility index (Phi) is 3.65. The summed E-state index contributed by atoms with van der Waals surface area (Å²) in [7, 11) is -5.07. The largest absolute Gasteiger partial charge is 1.00 e. The Balaban J connectivity index is 0.00000256. The molecule has 3 aliphatic rings. The van der Waals surface area contributed by atoms with Crippen LogP contribution >= 0.6 is 0 Å². The van der Waals surface area contributed by atoms with E-state index in [1.165, 1.54) is 12.1 Å². The average Bonchev–Trinajstić information content (AvgIpc) is 2.86. The summed E-state index contributed by atoms with van der Waals surface area (Å²) in [6.07, 6.45) is -4.72. The monoisotopic (exact) mass is 377 g/mol. The van der Waals surface area contributed by atoms with Crippen LogP contribution in [-0.2, 0) is 21.6 Å². The van der Waals surface area contributed by atoms with Gasteiger partial charge in [0.1, 0.15) is 11.5 Å². The minimum atomic E-state index is -5.07. The maximum absolute atomic E-state index is 12.5. The molecule has 0 heterocycles. The van der Waals surface area contributed by atoms with E-state index < -0.39 is 52.5 Å². The van der Waals surface area contributed by atoms with E-state index in [0.717, 1.165) is 6.07 Å². The maximum atomic E-state index is 12.5. The number of fused-ring (bicyclic) bond motifs is 5. The van der Waals surface area contributed by atoms with Crippen LogP contribution in [0.5, 0.6) is 5.75 Å². The molecule has 1 aromatic rings. The van der Waals surface area contributed by atoms with Crippen molar-refractivity contribution in [1.29, 1.82) is 0 Å². The number of carbonyl (C=O) groups excluding carboxylic acids is 1. The number of Topliss-reactive ketones (excluding diaryl/α,β-unsaturated/α-hetero) is 1. The fraction of sp³-hybridized carbons (Fsp3) is 0.611. The van der Waals surface area contributed by atoms with Gasteiger partial charge in [0, 0.05) is 18.7 Å². The van der Waals surface area contributed by atoms with Crippen molar-refractivity contribution in [2.24, 2.45) is 17.3 Å². The maximum Gasteiger partial charge on any atom is 1.00 e. The number of rotatable bonds is 2. The second-order valence-electron chi connectivity index (χ2n) is 6.99. The van der Waals surface area contributed by atoms with Crippen molar-refractivity contribution in [1.82, 2.24) is 0 Å². The van der Waals surface area contributed by atoms with Crippen LogP contribution in [-0.4, -0.2) is 18.8 Å². The summed E-state index contributed by atoms with van der Waals surface area (Å²) in [5.41, 5.74) is -0.545. The fourth-order valence-electron chi connectivity index (χ4n) is 4.48. The van der Waals surface area contributed by atoms with E-state index in [0.29, 0.717) is 18.4 Å². The van der Waals surface area contributed by atoms with Crippen LogP contribution in [0.2, 0.25) is 0 Å². The van der Waals surface area contributed by atoms with Gasteiger partial charge in [-0.3, -0.25) is 4.79 Å². The van der Waals surface area contributed by atoms with Gasteiger partial charge in [-0.15, -0.1) is 0 Å². The number of hydrogen-bond acceptors (Lipinski definition) is 5. The molecular weight excluding hydrogens is 351 g/mol. The fourth-order valence-corrected chi connectivity index (χ4v) is 4.82. The van der Waals surface area contributed by atoms with Crippen molar-refractivity contribution < 1.29 is 58.4 Å². The summed E-state index contributed by atoms with van der Waals surface area (Å²) >= 11 is 0.